The van der Waals surface area contributed by atoms with E-state index in [2.05, 4.69) is 0 Å². The molecule has 0 heterocycles. The van der Waals surface area contributed by atoms with Crippen LogP contribution in [0, 0.1) is 5.92 Å². The second-order valence-electron chi connectivity index (χ2n) is 2.69. The van der Waals surface area contributed by atoms with E-state index in [-0.39, 0.29) is 18.8 Å². The van der Waals surface area contributed by atoms with Crippen LogP contribution in [0.15, 0.2) is 12.2 Å². The largest absolute Gasteiger partial charge is 0.327 e. The first-order valence-electron chi connectivity index (χ1n) is 3.38. The van der Waals surface area contributed by atoms with Crippen LogP contribution in [0.2, 0.25) is 0 Å². The summed E-state index contributed by atoms with van der Waals surface area (Å²) in [6.07, 6.45) is 3.52. The Labute approximate surface area is 58.9 Å². The Kier molecular flexibility index (Phi) is 2.04. The molecule has 1 nitrogen and oxygen atoms in total. The number of hydrogen-bond acceptors (Lipinski definition) is 1. The summed E-state index contributed by atoms with van der Waals surface area (Å²) in [4.78, 5) is 0. The Balaban J connectivity index is 2.20. The van der Waals surface area contributed by atoms with Crippen LogP contribution in [0.1, 0.15) is 12.8 Å². The lowest BCUT2D eigenvalue weighted by molar-refractivity contribution is -0.0962. The van der Waals surface area contributed by atoms with E-state index in [9.17, 15) is 8.78 Å². The molecule has 0 aliphatic heterocycles. The Bertz CT molecular complexity index is 135. The van der Waals surface area contributed by atoms with Crippen molar-refractivity contribution < 1.29 is 8.78 Å². The summed E-state index contributed by atoms with van der Waals surface area (Å²) in [5, 5.41) is 0. The second-order valence-corrected chi connectivity index (χ2v) is 2.69. The summed E-state index contributed by atoms with van der Waals surface area (Å²) >= 11 is 0. The third-order valence-corrected chi connectivity index (χ3v) is 1.67. The average Bonchev–Trinajstić information content (AvgIpc) is 1.78. The SMILES string of the molecule is NC/C=C/C1CC(F)(F)C1. The van der Waals surface area contributed by atoms with E-state index in [1.807, 2.05) is 0 Å². The molecule has 0 radical (unpaired) electrons. The van der Waals surface area contributed by atoms with Gasteiger partial charge in [0.05, 0.1) is 0 Å². The van der Waals surface area contributed by atoms with Crippen molar-refractivity contribution in [2.45, 2.75) is 18.8 Å². The third kappa shape index (κ3) is 1.77. The van der Waals surface area contributed by atoms with Crippen molar-refractivity contribution in [3.63, 3.8) is 0 Å². The molecule has 10 heavy (non-hydrogen) atoms. The lowest BCUT2D eigenvalue weighted by Gasteiger charge is -2.32. The molecule has 0 unspecified atom stereocenters. The summed E-state index contributed by atoms with van der Waals surface area (Å²) in [6, 6.07) is 0. The molecule has 2 N–H and O–H groups in total. The normalized spacial score (nSPS) is 25.1. The zero-order valence-corrected chi connectivity index (χ0v) is 5.69. The van der Waals surface area contributed by atoms with Crippen LogP contribution in [-0.2, 0) is 0 Å². The fraction of sp³-hybridized carbons (Fsp3) is 0.714. The molecule has 0 atom stereocenters. The summed E-state index contributed by atoms with van der Waals surface area (Å²) in [6.45, 7) is 0.446. The third-order valence-electron chi connectivity index (χ3n) is 1.67. The lowest BCUT2D eigenvalue weighted by Crippen LogP contribution is -2.34. The fourth-order valence-corrected chi connectivity index (χ4v) is 1.11. The zero-order valence-electron chi connectivity index (χ0n) is 5.69. The number of hydrogen-bond donors (Lipinski definition) is 1. The van der Waals surface area contributed by atoms with Crippen LogP contribution in [0.25, 0.3) is 0 Å². The zero-order chi connectivity index (χ0) is 7.61. The summed E-state index contributed by atoms with van der Waals surface area (Å²) in [5.41, 5.74) is 5.15. The van der Waals surface area contributed by atoms with Crippen molar-refractivity contribution in [2.75, 3.05) is 6.54 Å². The van der Waals surface area contributed by atoms with E-state index in [4.69, 9.17) is 5.73 Å². The molecule has 3 heteroatoms. The van der Waals surface area contributed by atoms with Crippen molar-refractivity contribution in [3.8, 4) is 0 Å². The minimum absolute atomic E-state index is 0.00347. The van der Waals surface area contributed by atoms with E-state index in [1.54, 1.807) is 12.2 Å². The summed E-state index contributed by atoms with van der Waals surface area (Å²) in [7, 11) is 0. The molecule has 0 saturated heterocycles. The van der Waals surface area contributed by atoms with Gasteiger partial charge in [0.1, 0.15) is 0 Å². The Morgan fingerprint density at radius 3 is 2.50 bits per heavy atom. The molecule has 0 spiro atoms. The molecule has 1 rings (SSSR count). The van der Waals surface area contributed by atoms with E-state index in [0.29, 0.717) is 6.54 Å². The molecule has 1 fully saturated rings. The van der Waals surface area contributed by atoms with Gasteiger partial charge >= 0.3 is 0 Å². The predicted octanol–water partition coefficient (Wildman–Crippen LogP) is 1.55. The first-order valence-corrected chi connectivity index (χ1v) is 3.38. The fourth-order valence-electron chi connectivity index (χ4n) is 1.11. The van der Waals surface area contributed by atoms with Gasteiger partial charge < -0.3 is 5.73 Å². The number of nitrogens with two attached hydrogens (primary N) is 1. The topological polar surface area (TPSA) is 26.0 Å². The van der Waals surface area contributed by atoms with Gasteiger partial charge in [-0.2, -0.15) is 0 Å². The Hall–Kier alpha value is -0.440. The van der Waals surface area contributed by atoms with Gasteiger partial charge in [-0.1, -0.05) is 12.2 Å². The van der Waals surface area contributed by atoms with Gasteiger partial charge in [-0.15, -0.1) is 0 Å². The van der Waals surface area contributed by atoms with Gasteiger partial charge in [0.15, 0.2) is 0 Å². The highest BCUT2D eigenvalue weighted by atomic mass is 19.3. The maximum absolute atomic E-state index is 12.2. The minimum atomic E-state index is -2.40. The van der Waals surface area contributed by atoms with Gasteiger partial charge in [0, 0.05) is 19.4 Å². The smallest absolute Gasteiger partial charge is 0.249 e. The minimum Gasteiger partial charge on any atom is -0.327 e. The number of alkyl halides is 2. The highest BCUT2D eigenvalue weighted by molar-refractivity contribution is 4.99. The maximum atomic E-state index is 12.2. The maximum Gasteiger partial charge on any atom is 0.249 e. The van der Waals surface area contributed by atoms with E-state index in [1.165, 1.54) is 0 Å². The molecule has 1 saturated carbocycles. The number of halogens is 2. The molecule has 0 aromatic heterocycles. The second kappa shape index (κ2) is 2.66. The molecule has 1 aliphatic rings. The van der Waals surface area contributed by atoms with Crippen molar-refractivity contribution in [3.05, 3.63) is 12.2 Å². The molecule has 0 aromatic carbocycles. The Morgan fingerprint density at radius 2 is 2.10 bits per heavy atom. The van der Waals surface area contributed by atoms with Crippen LogP contribution in [0.3, 0.4) is 0 Å². The van der Waals surface area contributed by atoms with Gasteiger partial charge in [-0.05, 0) is 5.92 Å². The van der Waals surface area contributed by atoms with Crippen LogP contribution >= 0.6 is 0 Å². The standard InChI is InChI=1S/C7H11F2N/c8-7(9)4-6(5-7)2-1-3-10/h1-2,6H,3-5,10H2/b2-1+. The van der Waals surface area contributed by atoms with Crippen LogP contribution in [0.4, 0.5) is 8.78 Å². The van der Waals surface area contributed by atoms with Crippen molar-refractivity contribution in [2.24, 2.45) is 11.7 Å². The van der Waals surface area contributed by atoms with Crippen molar-refractivity contribution in [1.82, 2.24) is 0 Å². The molecular weight excluding hydrogens is 136 g/mol. The quantitative estimate of drug-likeness (QED) is 0.589. The molecule has 1 aliphatic carbocycles. The monoisotopic (exact) mass is 147 g/mol. The first-order chi connectivity index (χ1) is 4.64. The van der Waals surface area contributed by atoms with Gasteiger partial charge in [0.2, 0.25) is 5.92 Å². The van der Waals surface area contributed by atoms with Gasteiger partial charge in [-0.25, -0.2) is 8.78 Å². The molecule has 0 bridgehead atoms. The Morgan fingerprint density at radius 1 is 1.50 bits per heavy atom. The van der Waals surface area contributed by atoms with Crippen LogP contribution in [0.5, 0.6) is 0 Å². The number of rotatable bonds is 2. The predicted molar refractivity (Wildman–Crippen MR) is 35.9 cm³/mol. The van der Waals surface area contributed by atoms with Crippen LogP contribution in [-0.4, -0.2) is 12.5 Å². The van der Waals surface area contributed by atoms with Crippen molar-refractivity contribution in [1.29, 1.82) is 0 Å². The molecular formula is C7H11F2N. The highest BCUT2D eigenvalue weighted by Crippen LogP contribution is 2.42. The summed E-state index contributed by atoms with van der Waals surface area (Å²) < 4.78 is 24.3. The highest BCUT2D eigenvalue weighted by Gasteiger charge is 2.43. The number of allylic oxidation sites excluding steroid dienone is 1. The van der Waals surface area contributed by atoms with Gasteiger partial charge in [0.25, 0.3) is 0 Å². The van der Waals surface area contributed by atoms with Crippen molar-refractivity contribution >= 4 is 0 Å². The average molecular weight is 147 g/mol. The molecule has 58 valence electrons. The van der Waals surface area contributed by atoms with E-state index >= 15 is 0 Å². The molecule has 0 aromatic rings. The van der Waals surface area contributed by atoms with Gasteiger partial charge in [-0.3, -0.25) is 0 Å². The first kappa shape index (κ1) is 7.66. The lowest BCUT2D eigenvalue weighted by atomic mass is 9.81. The van der Waals surface area contributed by atoms with Crippen LogP contribution < -0.4 is 5.73 Å². The summed E-state index contributed by atoms with van der Waals surface area (Å²) in [5.74, 6) is -2.33. The van der Waals surface area contributed by atoms with E-state index in [0.717, 1.165) is 0 Å². The molecule has 0 amide bonds. The van der Waals surface area contributed by atoms with E-state index < -0.39 is 5.92 Å².